The Hall–Kier alpha value is -3.52. The number of hydrogen-bond acceptors (Lipinski definition) is 19. The number of ether oxygens (including phenoxy) is 11. The van der Waals surface area contributed by atoms with Crippen LogP contribution in [0.1, 0.15) is 61.3 Å². The molecule has 18 nitrogen and oxygen atoms in total. The van der Waals surface area contributed by atoms with E-state index in [1.54, 1.807) is 0 Å². The summed E-state index contributed by atoms with van der Waals surface area (Å²) in [6, 6.07) is 0. The lowest BCUT2D eigenvalue weighted by atomic mass is 9.96. The van der Waals surface area contributed by atoms with Crippen LogP contribution in [0, 0.1) is 0 Å². The number of hydrogen-bond donors (Lipinski definition) is 1. The molecule has 0 N–H and O–H groups in total. The molecule has 0 amide bonds. The molecule has 0 aromatic rings. The SMILES string of the molecule is CC(=O)OC[C@H]1O[C@H](O[C@@H]2[C@H](OC(C)=O)[C@@H](OC(C)=O)[C@@H](OCCCCS)O[C@@H]2COC(C)=O)[C@H](OC(C)=O)[C@@H](OC(C)=O)[C@H]1OC(C)=O. The van der Waals surface area contributed by atoms with Gasteiger partial charge in [-0.15, -0.1) is 0 Å². The number of unbranched alkanes of at least 4 members (excludes halogenated alkanes) is 1. The molecule has 0 unspecified atom stereocenters. The molecule has 49 heavy (non-hydrogen) atoms. The highest BCUT2D eigenvalue weighted by atomic mass is 32.1. The third-order valence-corrected chi connectivity index (χ3v) is 7.04. The van der Waals surface area contributed by atoms with Crippen molar-refractivity contribution in [3.05, 3.63) is 0 Å². The van der Waals surface area contributed by atoms with Gasteiger partial charge in [-0.1, -0.05) is 0 Å². The van der Waals surface area contributed by atoms with Crippen LogP contribution in [0.2, 0.25) is 0 Å². The standard InChI is InChI=1S/C30H44O18S/c1-14(31)39-12-21-23(41-16(3)33)25(42-17(4)34)28(45-20(7)37)30(47-21)48-24-22(13-40-15(2)32)46-29(38-10-8-9-11-49)27(44-19(6)36)26(24)43-18(5)35/h21-30,49H,8-13H2,1-7H3/t21-,22-,23+,24+,25+,26+,27-,28-,29+,30-/m1/s1. The van der Waals surface area contributed by atoms with Crippen LogP contribution in [0.15, 0.2) is 0 Å². The maximum atomic E-state index is 12.4. The lowest BCUT2D eigenvalue weighted by Gasteiger charge is -2.48. The number of carbonyl (C=O) groups excluding carboxylic acids is 7. The first kappa shape index (κ1) is 41.7. The molecule has 0 aromatic heterocycles. The minimum absolute atomic E-state index is 0.112. The third kappa shape index (κ3) is 13.7. The molecular formula is C30H44O18S. The minimum atomic E-state index is -1.77. The van der Waals surface area contributed by atoms with E-state index in [0.717, 1.165) is 48.5 Å². The van der Waals surface area contributed by atoms with Gasteiger partial charge < -0.3 is 52.1 Å². The summed E-state index contributed by atoms with van der Waals surface area (Å²) >= 11 is 4.18. The molecule has 19 heteroatoms. The van der Waals surface area contributed by atoms with Crippen LogP contribution < -0.4 is 0 Å². The molecule has 2 rings (SSSR count). The van der Waals surface area contributed by atoms with E-state index in [1.165, 1.54) is 0 Å². The van der Waals surface area contributed by atoms with E-state index in [2.05, 4.69) is 12.6 Å². The van der Waals surface area contributed by atoms with Gasteiger partial charge in [-0.25, -0.2) is 0 Å². The Morgan fingerprint density at radius 2 is 0.878 bits per heavy atom. The van der Waals surface area contributed by atoms with Gasteiger partial charge in [0.15, 0.2) is 43.1 Å². The Balaban J connectivity index is 2.69. The first-order valence-corrected chi connectivity index (χ1v) is 16.0. The smallest absolute Gasteiger partial charge is 0.303 e. The van der Waals surface area contributed by atoms with Crippen molar-refractivity contribution in [2.75, 3.05) is 25.6 Å². The highest BCUT2D eigenvalue weighted by Crippen LogP contribution is 2.35. The van der Waals surface area contributed by atoms with Crippen molar-refractivity contribution in [2.24, 2.45) is 0 Å². The number of esters is 7. The molecule has 0 radical (unpaired) electrons. The summed E-state index contributed by atoms with van der Waals surface area (Å²) < 4.78 is 62.0. The summed E-state index contributed by atoms with van der Waals surface area (Å²) in [5.74, 6) is -5.17. The van der Waals surface area contributed by atoms with Crippen LogP contribution in [0.3, 0.4) is 0 Å². The molecule has 0 aliphatic carbocycles. The lowest BCUT2D eigenvalue weighted by molar-refractivity contribution is -0.361. The Labute approximate surface area is 288 Å². The van der Waals surface area contributed by atoms with Crippen LogP contribution in [-0.4, -0.2) is 129 Å². The Bertz CT molecular complexity index is 1180. The fourth-order valence-corrected chi connectivity index (χ4v) is 5.24. The van der Waals surface area contributed by atoms with Gasteiger partial charge in [-0.05, 0) is 18.6 Å². The Morgan fingerprint density at radius 3 is 1.33 bits per heavy atom. The summed E-state index contributed by atoms with van der Waals surface area (Å²) in [6.07, 6.45) is -13.9. The zero-order chi connectivity index (χ0) is 36.8. The van der Waals surface area contributed by atoms with Gasteiger partial charge in [0.05, 0.1) is 0 Å². The van der Waals surface area contributed by atoms with Crippen molar-refractivity contribution >= 4 is 54.4 Å². The highest BCUT2D eigenvalue weighted by Gasteiger charge is 2.57. The largest absolute Gasteiger partial charge is 0.463 e. The van der Waals surface area contributed by atoms with Gasteiger partial charge in [0.2, 0.25) is 0 Å². The Morgan fingerprint density at radius 1 is 0.490 bits per heavy atom. The maximum Gasteiger partial charge on any atom is 0.303 e. The van der Waals surface area contributed by atoms with Gasteiger partial charge in [0, 0.05) is 55.1 Å². The summed E-state index contributed by atoms with van der Waals surface area (Å²) in [5, 5.41) is 0. The second-order valence-corrected chi connectivity index (χ2v) is 11.4. The molecule has 2 fully saturated rings. The molecule has 0 saturated carbocycles. The van der Waals surface area contributed by atoms with Gasteiger partial charge >= 0.3 is 41.8 Å². The average molecular weight is 725 g/mol. The van der Waals surface area contributed by atoms with Crippen molar-refractivity contribution in [2.45, 2.75) is 123 Å². The van der Waals surface area contributed by atoms with Crippen molar-refractivity contribution in [3.8, 4) is 0 Å². The van der Waals surface area contributed by atoms with E-state index in [-0.39, 0.29) is 6.61 Å². The van der Waals surface area contributed by atoms with E-state index in [1.807, 2.05) is 0 Å². The van der Waals surface area contributed by atoms with Gasteiger partial charge in [0.25, 0.3) is 0 Å². The van der Waals surface area contributed by atoms with Crippen LogP contribution in [0.25, 0.3) is 0 Å². The molecular weight excluding hydrogens is 680 g/mol. The first-order chi connectivity index (χ1) is 23.0. The Kier molecular flexibility index (Phi) is 17.2. The van der Waals surface area contributed by atoms with Gasteiger partial charge in [0.1, 0.15) is 31.5 Å². The highest BCUT2D eigenvalue weighted by molar-refractivity contribution is 7.80. The molecule has 278 valence electrons. The zero-order valence-corrected chi connectivity index (χ0v) is 29.2. The quantitative estimate of drug-likeness (QED) is 0.0981. The summed E-state index contributed by atoms with van der Waals surface area (Å²) in [6.45, 7) is 6.61. The van der Waals surface area contributed by atoms with Crippen molar-refractivity contribution in [3.63, 3.8) is 0 Å². The van der Waals surface area contributed by atoms with Crippen molar-refractivity contribution in [1.29, 1.82) is 0 Å². The van der Waals surface area contributed by atoms with Gasteiger partial charge in [-0.3, -0.25) is 33.6 Å². The first-order valence-electron chi connectivity index (χ1n) is 15.4. The molecule has 0 spiro atoms. The predicted octanol–water partition coefficient (Wildman–Crippen LogP) is 0.333. The predicted molar refractivity (Wildman–Crippen MR) is 162 cm³/mol. The van der Waals surface area contributed by atoms with Crippen LogP contribution in [0.4, 0.5) is 0 Å². The van der Waals surface area contributed by atoms with Crippen molar-refractivity contribution < 1.29 is 85.7 Å². The third-order valence-electron chi connectivity index (χ3n) is 6.72. The maximum absolute atomic E-state index is 12.4. The molecule has 0 aromatic carbocycles. The van der Waals surface area contributed by atoms with E-state index >= 15 is 0 Å². The van der Waals surface area contributed by atoms with E-state index < -0.39 is 116 Å². The topological polar surface area (TPSA) is 221 Å². The van der Waals surface area contributed by atoms with Crippen LogP contribution in [-0.2, 0) is 85.7 Å². The monoisotopic (exact) mass is 724 g/mol. The second-order valence-electron chi connectivity index (χ2n) is 11.0. The van der Waals surface area contributed by atoms with Crippen LogP contribution in [0.5, 0.6) is 0 Å². The minimum Gasteiger partial charge on any atom is -0.463 e. The lowest BCUT2D eigenvalue weighted by Crippen LogP contribution is -2.67. The fourth-order valence-electron chi connectivity index (χ4n) is 5.02. The number of thiol groups is 1. The molecule has 0 bridgehead atoms. The van der Waals surface area contributed by atoms with Crippen LogP contribution >= 0.6 is 12.6 Å². The van der Waals surface area contributed by atoms with Crippen molar-refractivity contribution in [1.82, 2.24) is 0 Å². The average Bonchev–Trinajstić information content (AvgIpc) is 2.97. The molecule has 2 heterocycles. The molecule has 10 atom stereocenters. The summed E-state index contributed by atoms with van der Waals surface area (Å²) in [7, 11) is 0. The zero-order valence-electron chi connectivity index (χ0n) is 28.3. The van der Waals surface area contributed by atoms with E-state index in [0.29, 0.717) is 18.6 Å². The molecule has 2 aliphatic rings. The summed E-state index contributed by atoms with van der Waals surface area (Å²) in [4.78, 5) is 85.0. The molecule has 2 saturated heterocycles. The van der Waals surface area contributed by atoms with Gasteiger partial charge in [-0.2, -0.15) is 12.6 Å². The van der Waals surface area contributed by atoms with E-state index in [9.17, 15) is 33.6 Å². The normalized spacial score (nSPS) is 29.5. The number of carbonyl (C=O) groups is 7. The number of rotatable bonds is 16. The molecule has 2 aliphatic heterocycles. The summed E-state index contributed by atoms with van der Waals surface area (Å²) in [5.41, 5.74) is 0. The van der Waals surface area contributed by atoms with E-state index in [4.69, 9.17) is 52.1 Å². The fraction of sp³-hybridized carbons (Fsp3) is 0.767. The second kappa shape index (κ2) is 20.2.